The Labute approximate surface area is 101 Å². The second-order valence-corrected chi connectivity index (χ2v) is 4.68. The van der Waals surface area contributed by atoms with Crippen molar-refractivity contribution in [2.45, 2.75) is 13.0 Å². The fourth-order valence-corrected chi connectivity index (χ4v) is 2.05. The maximum absolute atomic E-state index is 11.9. The third kappa shape index (κ3) is 1.76. The van der Waals surface area contributed by atoms with Crippen LogP contribution in [-0.2, 0) is 0 Å². The molecule has 1 atom stereocenters. The second kappa shape index (κ2) is 3.99. The lowest BCUT2D eigenvalue weighted by atomic mass is 10.1. The van der Waals surface area contributed by atoms with E-state index < -0.39 is 6.10 Å². The molecule has 1 aliphatic heterocycles. The van der Waals surface area contributed by atoms with E-state index in [1.807, 2.05) is 0 Å². The van der Waals surface area contributed by atoms with E-state index in [4.69, 9.17) is 0 Å². The van der Waals surface area contributed by atoms with Gasteiger partial charge >= 0.3 is 0 Å². The first-order valence-corrected chi connectivity index (χ1v) is 5.64. The van der Waals surface area contributed by atoms with Crippen molar-refractivity contribution in [2.75, 3.05) is 6.54 Å². The molecule has 0 saturated heterocycles. The molecule has 0 aliphatic carbocycles. The highest BCUT2D eigenvalue weighted by atomic mass is 79.9. The van der Waals surface area contributed by atoms with Gasteiger partial charge in [-0.2, -0.15) is 0 Å². The van der Waals surface area contributed by atoms with Crippen molar-refractivity contribution in [3.63, 3.8) is 0 Å². The van der Waals surface area contributed by atoms with Crippen LogP contribution in [0.4, 0.5) is 0 Å². The minimum absolute atomic E-state index is 0.0317. The fraction of sp³-hybridized carbons (Fsp3) is 0.273. The molecule has 0 aromatic heterocycles. The molecule has 1 aliphatic rings. The number of carbonyl (C=O) groups is 2. The minimum Gasteiger partial charge on any atom is -0.392 e. The number of benzene rings is 1. The van der Waals surface area contributed by atoms with Gasteiger partial charge in [-0.25, -0.2) is 0 Å². The van der Waals surface area contributed by atoms with Gasteiger partial charge < -0.3 is 5.11 Å². The van der Waals surface area contributed by atoms with Crippen molar-refractivity contribution in [1.29, 1.82) is 0 Å². The summed E-state index contributed by atoms with van der Waals surface area (Å²) in [5, 5.41) is 9.23. The molecule has 5 heteroatoms. The van der Waals surface area contributed by atoms with E-state index in [9.17, 15) is 14.7 Å². The highest BCUT2D eigenvalue weighted by molar-refractivity contribution is 9.10. The van der Waals surface area contributed by atoms with E-state index in [0.29, 0.717) is 11.1 Å². The Hall–Kier alpha value is -1.20. The van der Waals surface area contributed by atoms with Crippen LogP contribution in [0.1, 0.15) is 27.6 Å². The number of rotatable bonds is 2. The standard InChI is InChI=1S/C11H10BrNO3/c1-6(14)5-13-10(15)8-3-2-7(12)4-9(8)11(13)16/h2-4,6,14H,5H2,1H3. The van der Waals surface area contributed by atoms with E-state index in [1.165, 1.54) is 0 Å². The van der Waals surface area contributed by atoms with Gasteiger partial charge in [-0.3, -0.25) is 14.5 Å². The van der Waals surface area contributed by atoms with Crippen molar-refractivity contribution in [1.82, 2.24) is 4.90 Å². The van der Waals surface area contributed by atoms with Gasteiger partial charge in [-0.1, -0.05) is 15.9 Å². The predicted molar refractivity (Wildman–Crippen MR) is 61.2 cm³/mol. The van der Waals surface area contributed by atoms with Crippen molar-refractivity contribution < 1.29 is 14.7 Å². The highest BCUT2D eigenvalue weighted by Gasteiger charge is 2.35. The first kappa shape index (κ1) is 11.3. The Balaban J connectivity index is 2.40. The summed E-state index contributed by atoms with van der Waals surface area (Å²) < 4.78 is 0.756. The molecule has 16 heavy (non-hydrogen) atoms. The van der Waals surface area contributed by atoms with Gasteiger partial charge in [0.2, 0.25) is 0 Å². The quantitative estimate of drug-likeness (QED) is 0.836. The van der Waals surface area contributed by atoms with Gasteiger partial charge in [0.15, 0.2) is 0 Å². The third-order valence-corrected chi connectivity index (χ3v) is 2.87. The lowest BCUT2D eigenvalue weighted by Crippen LogP contribution is -2.35. The molecule has 84 valence electrons. The summed E-state index contributed by atoms with van der Waals surface area (Å²) in [7, 11) is 0. The Morgan fingerprint density at radius 3 is 2.56 bits per heavy atom. The number of carbonyl (C=O) groups excluding carboxylic acids is 2. The molecule has 1 aromatic carbocycles. The molecule has 2 amide bonds. The SMILES string of the molecule is CC(O)CN1C(=O)c2ccc(Br)cc2C1=O. The molecular formula is C11H10BrNO3. The van der Waals surface area contributed by atoms with Crippen LogP contribution in [0, 0.1) is 0 Å². The summed E-state index contributed by atoms with van der Waals surface area (Å²) in [6.45, 7) is 1.57. The van der Waals surface area contributed by atoms with Gasteiger partial charge in [-0.15, -0.1) is 0 Å². The number of hydrogen-bond donors (Lipinski definition) is 1. The molecule has 0 bridgehead atoms. The first-order chi connectivity index (χ1) is 7.50. The summed E-state index contributed by atoms with van der Waals surface area (Å²) >= 11 is 3.25. The lowest BCUT2D eigenvalue weighted by molar-refractivity contribution is 0.0563. The first-order valence-electron chi connectivity index (χ1n) is 4.84. The normalized spacial score (nSPS) is 16.6. The maximum atomic E-state index is 11.9. The number of halogens is 1. The summed E-state index contributed by atoms with van der Waals surface area (Å²) in [5.41, 5.74) is 0.786. The topological polar surface area (TPSA) is 57.6 Å². The monoisotopic (exact) mass is 283 g/mol. The lowest BCUT2D eigenvalue weighted by Gasteiger charge is -2.15. The molecule has 0 saturated carbocycles. The number of imide groups is 1. The maximum Gasteiger partial charge on any atom is 0.261 e. The third-order valence-electron chi connectivity index (χ3n) is 2.38. The molecule has 1 aromatic rings. The number of β-amino-alcohol motifs (C(OH)–C–C–N with tert-alkyl or cyclic N) is 1. The second-order valence-electron chi connectivity index (χ2n) is 3.76. The molecule has 4 nitrogen and oxygen atoms in total. The van der Waals surface area contributed by atoms with Crippen molar-refractivity contribution in [2.24, 2.45) is 0 Å². The molecule has 0 fully saturated rings. The van der Waals surface area contributed by atoms with E-state index in [0.717, 1.165) is 9.37 Å². The van der Waals surface area contributed by atoms with Crippen LogP contribution < -0.4 is 0 Å². The number of aliphatic hydroxyl groups is 1. The zero-order chi connectivity index (χ0) is 11.9. The number of fused-ring (bicyclic) bond motifs is 1. The van der Waals surface area contributed by atoms with Crippen LogP contribution in [0.5, 0.6) is 0 Å². The molecule has 1 N–H and O–H groups in total. The average Bonchev–Trinajstić information content (AvgIpc) is 2.43. The van der Waals surface area contributed by atoms with Gasteiger partial charge in [0.05, 0.1) is 23.8 Å². The Morgan fingerprint density at radius 1 is 1.31 bits per heavy atom. The number of hydrogen-bond acceptors (Lipinski definition) is 3. The number of amides is 2. The smallest absolute Gasteiger partial charge is 0.261 e. The zero-order valence-corrected chi connectivity index (χ0v) is 10.2. The zero-order valence-electron chi connectivity index (χ0n) is 8.61. The molecule has 2 rings (SSSR count). The Morgan fingerprint density at radius 2 is 1.94 bits per heavy atom. The van der Waals surface area contributed by atoms with E-state index in [-0.39, 0.29) is 18.4 Å². The van der Waals surface area contributed by atoms with Crippen LogP contribution in [0.15, 0.2) is 22.7 Å². The van der Waals surface area contributed by atoms with Crippen molar-refractivity contribution in [3.8, 4) is 0 Å². The Bertz CT molecular complexity index is 470. The van der Waals surface area contributed by atoms with E-state index >= 15 is 0 Å². The van der Waals surface area contributed by atoms with Crippen LogP contribution in [-0.4, -0.2) is 34.5 Å². The fourth-order valence-electron chi connectivity index (χ4n) is 1.69. The van der Waals surface area contributed by atoms with Gasteiger partial charge in [0, 0.05) is 4.47 Å². The highest BCUT2D eigenvalue weighted by Crippen LogP contribution is 2.25. The largest absolute Gasteiger partial charge is 0.392 e. The molecule has 0 radical (unpaired) electrons. The minimum atomic E-state index is -0.717. The molecule has 1 heterocycles. The number of nitrogens with zero attached hydrogens (tertiary/aromatic N) is 1. The van der Waals surface area contributed by atoms with Crippen molar-refractivity contribution in [3.05, 3.63) is 33.8 Å². The van der Waals surface area contributed by atoms with Gasteiger partial charge in [0.1, 0.15) is 0 Å². The van der Waals surface area contributed by atoms with Crippen LogP contribution >= 0.6 is 15.9 Å². The summed E-state index contributed by atoms with van der Waals surface area (Å²) in [5.74, 6) is -0.685. The number of aliphatic hydroxyl groups excluding tert-OH is 1. The molecule has 0 spiro atoms. The Kier molecular flexibility index (Phi) is 2.82. The summed E-state index contributed by atoms with van der Waals surface area (Å²) in [6, 6.07) is 4.95. The van der Waals surface area contributed by atoms with Crippen molar-refractivity contribution >= 4 is 27.7 Å². The van der Waals surface area contributed by atoms with Crippen LogP contribution in [0.2, 0.25) is 0 Å². The van der Waals surface area contributed by atoms with Gasteiger partial charge in [-0.05, 0) is 25.1 Å². The molecular weight excluding hydrogens is 274 g/mol. The average molecular weight is 284 g/mol. The van der Waals surface area contributed by atoms with E-state index in [2.05, 4.69) is 15.9 Å². The molecule has 1 unspecified atom stereocenters. The summed E-state index contributed by atoms with van der Waals surface area (Å²) in [6.07, 6.45) is -0.717. The van der Waals surface area contributed by atoms with E-state index in [1.54, 1.807) is 25.1 Å². The van der Waals surface area contributed by atoms with Gasteiger partial charge in [0.25, 0.3) is 11.8 Å². The predicted octanol–water partition coefficient (Wildman–Crippen LogP) is 1.43. The van der Waals surface area contributed by atoms with Crippen LogP contribution in [0.3, 0.4) is 0 Å². The van der Waals surface area contributed by atoms with Crippen LogP contribution in [0.25, 0.3) is 0 Å². The summed E-state index contributed by atoms with van der Waals surface area (Å²) in [4.78, 5) is 24.8.